The van der Waals surface area contributed by atoms with Gasteiger partial charge in [0, 0.05) is 12.6 Å². The first-order valence-electron chi connectivity index (χ1n) is 5.78. The number of aromatic nitrogens is 2. The minimum absolute atomic E-state index is 0.122. The molecule has 0 unspecified atom stereocenters. The molecule has 2 aromatic rings. The minimum Gasteiger partial charge on any atom is -0.399 e. The van der Waals surface area contributed by atoms with Gasteiger partial charge in [0.05, 0.1) is 5.69 Å². The molecule has 0 spiro atoms. The third kappa shape index (κ3) is 3.67. The number of carbonyl (C=O) groups excluding carboxylic acids is 1. The molecular formula is C11H13N5O3S2. The van der Waals surface area contributed by atoms with Gasteiger partial charge in [0.2, 0.25) is 11.0 Å². The van der Waals surface area contributed by atoms with E-state index in [1.54, 1.807) is 25.1 Å². The standard InChI is InChI=1S/C11H13N5O3S2/c1-6-5-8(12)3-4-9(6)16-21(18,19)11-15-14-10(20-11)13-7(2)17/h3-5,16H,12H2,1-2H3,(H,13,14,17). The van der Waals surface area contributed by atoms with E-state index in [-0.39, 0.29) is 15.4 Å². The Bertz CT molecular complexity index is 785. The van der Waals surface area contributed by atoms with E-state index in [4.69, 9.17) is 5.73 Å². The maximum Gasteiger partial charge on any atom is 0.291 e. The summed E-state index contributed by atoms with van der Waals surface area (Å²) >= 11 is 0.767. The molecule has 4 N–H and O–H groups in total. The fourth-order valence-corrected chi connectivity index (χ4v) is 3.59. The number of aryl methyl sites for hydroxylation is 1. The topological polar surface area (TPSA) is 127 Å². The number of sulfonamides is 1. The first-order valence-corrected chi connectivity index (χ1v) is 8.08. The molecule has 1 heterocycles. The lowest BCUT2D eigenvalue weighted by Gasteiger charge is -2.08. The van der Waals surface area contributed by atoms with Crippen molar-refractivity contribution >= 4 is 43.8 Å². The third-order valence-electron chi connectivity index (χ3n) is 2.41. The Balaban J connectivity index is 2.25. The summed E-state index contributed by atoms with van der Waals surface area (Å²) in [7, 11) is -3.86. The zero-order valence-corrected chi connectivity index (χ0v) is 12.9. The van der Waals surface area contributed by atoms with Gasteiger partial charge in [-0.25, -0.2) is 0 Å². The van der Waals surface area contributed by atoms with E-state index < -0.39 is 10.0 Å². The van der Waals surface area contributed by atoms with Gasteiger partial charge in [-0.05, 0) is 30.7 Å². The van der Waals surface area contributed by atoms with Crippen molar-refractivity contribution in [1.29, 1.82) is 0 Å². The van der Waals surface area contributed by atoms with E-state index in [1.165, 1.54) is 6.92 Å². The van der Waals surface area contributed by atoms with Gasteiger partial charge in [-0.15, -0.1) is 10.2 Å². The second kappa shape index (κ2) is 5.66. The Hall–Kier alpha value is -2.20. The van der Waals surface area contributed by atoms with Crippen LogP contribution in [0, 0.1) is 6.92 Å². The number of nitrogens with one attached hydrogen (secondary N) is 2. The quantitative estimate of drug-likeness (QED) is 0.572. The third-order valence-corrected chi connectivity index (χ3v) is 4.99. The predicted octanol–water partition coefficient (Wildman–Crippen LogP) is 1.19. The zero-order chi connectivity index (χ0) is 15.6. The molecule has 0 bridgehead atoms. The van der Waals surface area contributed by atoms with Crippen LogP contribution in [0.5, 0.6) is 0 Å². The number of hydrogen-bond acceptors (Lipinski definition) is 7. The van der Waals surface area contributed by atoms with Crippen molar-refractivity contribution in [3.63, 3.8) is 0 Å². The number of amides is 1. The monoisotopic (exact) mass is 327 g/mol. The number of benzene rings is 1. The lowest BCUT2D eigenvalue weighted by atomic mass is 10.2. The summed E-state index contributed by atoms with van der Waals surface area (Å²) in [6, 6.07) is 4.81. The molecule has 0 radical (unpaired) electrons. The molecule has 1 amide bonds. The summed E-state index contributed by atoms with van der Waals surface area (Å²) in [4.78, 5) is 10.9. The van der Waals surface area contributed by atoms with Crippen LogP contribution in [0.2, 0.25) is 0 Å². The van der Waals surface area contributed by atoms with Crippen LogP contribution in [0.15, 0.2) is 22.5 Å². The predicted molar refractivity (Wildman–Crippen MR) is 80.6 cm³/mol. The van der Waals surface area contributed by atoms with Gasteiger partial charge in [-0.3, -0.25) is 9.52 Å². The van der Waals surface area contributed by atoms with Crippen LogP contribution in [-0.4, -0.2) is 24.5 Å². The summed E-state index contributed by atoms with van der Waals surface area (Å²) in [5.74, 6) is -0.350. The van der Waals surface area contributed by atoms with Crippen LogP contribution in [0.25, 0.3) is 0 Å². The Morgan fingerprint density at radius 2 is 2.05 bits per heavy atom. The highest BCUT2D eigenvalue weighted by molar-refractivity contribution is 7.94. The van der Waals surface area contributed by atoms with Crippen LogP contribution in [0.3, 0.4) is 0 Å². The second-order valence-corrected chi connectivity index (χ2v) is 7.07. The summed E-state index contributed by atoms with van der Waals surface area (Å²) < 4.78 is 26.6. The SMILES string of the molecule is CC(=O)Nc1nnc(S(=O)(=O)Nc2ccc(N)cc2C)s1. The largest absolute Gasteiger partial charge is 0.399 e. The first kappa shape index (κ1) is 15.2. The van der Waals surface area contributed by atoms with Crippen molar-refractivity contribution in [1.82, 2.24) is 10.2 Å². The Morgan fingerprint density at radius 1 is 1.33 bits per heavy atom. The number of hydrogen-bond donors (Lipinski definition) is 3. The summed E-state index contributed by atoms with van der Waals surface area (Å²) in [6.45, 7) is 3.03. The smallest absolute Gasteiger partial charge is 0.291 e. The number of nitrogen functional groups attached to an aromatic ring is 1. The molecule has 0 aliphatic heterocycles. The van der Waals surface area contributed by atoms with Crippen LogP contribution in [0.1, 0.15) is 12.5 Å². The lowest BCUT2D eigenvalue weighted by molar-refractivity contribution is -0.114. The summed E-state index contributed by atoms with van der Waals surface area (Å²) in [5, 5.41) is 9.66. The maximum absolute atomic E-state index is 12.2. The van der Waals surface area contributed by atoms with E-state index in [0.717, 1.165) is 11.3 Å². The molecule has 0 saturated heterocycles. The van der Waals surface area contributed by atoms with Gasteiger partial charge in [0.15, 0.2) is 0 Å². The van der Waals surface area contributed by atoms with Crippen molar-refractivity contribution in [2.45, 2.75) is 18.2 Å². The Morgan fingerprint density at radius 3 is 2.67 bits per heavy atom. The number of carbonyl (C=O) groups is 1. The number of nitrogens with two attached hydrogens (primary N) is 1. The minimum atomic E-state index is -3.86. The van der Waals surface area contributed by atoms with E-state index in [1.807, 2.05) is 0 Å². The van der Waals surface area contributed by atoms with Gasteiger partial charge < -0.3 is 11.1 Å². The van der Waals surface area contributed by atoms with Crippen molar-refractivity contribution in [2.24, 2.45) is 0 Å². The van der Waals surface area contributed by atoms with E-state index >= 15 is 0 Å². The fraction of sp³-hybridized carbons (Fsp3) is 0.182. The number of nitrogens with zero attached hydrogens (tertiary/aromatic N) is 2. The van der Waals surface area contributed by atoms with Gasteiger partial charge in [0.25, 0.3) is 14.4 Å². The molecule has 2 rings (SSSR count). The molecule has 1 aromatic heterocycles. The molecule has 0 fully saturated rings. The Kier molecular flexibility index (Phi) is 4.09. The summed E-state index contributed by atoms with van der Waals surface area (Å²) in [5.41, 5.74) is 7.24. The zero-order valence-electron chi connectivity index (χ0n) is 11.2. The van der Waals surface area contributed by atoms with Crippen molar-refractivity contribution in [2.75, 3.05) is 15.8 Å². The molecular weight excluding hydrogens is 314 g/mol. The average molecular weight is 327 g/mol. The van der Waals surface area contributed by atoms with Crippen LogP contribution >= 0.6 is 11.3 Å². The molecule has 0 atom stereocenters. The molecule has 10 heteroatoms. The van der Waals surface area contributed by atoms with Crippen molar-refractivity contribution < 1.29 is 13.2 Å². The van der Waals surface area contributed by atoms with E-state index in [9.17, 15) is 13.2 Å². The fourth-order valence-electron chi connectivity index (χ4n) is 1.51. The molecule has 0 aliphatic rings. The normalized spacial score (nSPS) is 11.1. The molecule has 8 nitrogen and oxygen atoms in total. The molecule has 21 heavy (non-hydrogen) atoms. The second-order valence-electron chi connectivity index (χ2n) is 4.23. The van der Waals surface area contributed by atoms with Gasteiger partial charge in [0.1, 0.15) is 0 Å². The van der Waals surface area contributed by atoms with Crippen LogP contribution < -0.4 is 15.8 Å². The Labute approximate surface area is 125 Å². The van der Waals surface area contributed by atoms with Gasteiger partial charge >= 0.3 is 0 Å². The van der Waals surface area contributed by atoms with E-state index in [0.29, 0.717) is 16.9 Å². The highest BCUT2D eigenvalue weighted by Gasteiger charge is 2.21. The highest BCUT2D eigenvalue weighted by atomic mass is 32.2. The van der Waals surface area contributed by atoms with Gasteiger partial charge in [-0.1, -0.05) is 11.3 Å². The van der Waals surface area contributed by atoms with Crippen LogP contribution in [-0.2, 0) is 14.8 Å². The molecule has 0 aliphatic carbocycles. The maximum atomic E-state index is 12.2. The number of anilines is 3. The first-order chi connectivity index (χ1) is 9.78. The molecule has 112 valence electrons. The number of rotatable bonds is 4. The molecule has 1 aromatic carbocycles. The van der Waals surface area contributed by atoms with Crippen molar-refractivity contribution in [3.8, 4) is 0 Å². The van der Waals surface area contributed by atoms with Crippen LogP contribution in [0.4, 0.5) is 16.5 Å². The highest BCUT2D eigenvalue weighted by Crippen LogP contribution is 2.24. The average Bonchev–Trinajstić information content (AvgIpc) is 2.81. The summed E-state index contributed by atoms with van der Waals surface area (Å²) in [6.07, 6.45) is 0. The van der Waals surface area contributed by atoms with E-state index in [2.05, 4.69) is 20.2 Å². The molecule has 0 saturated carbocycles. The van der Waals surface area contributed by atoms with Gasteiger partial charge in [-0.2, -0.15) is 8.42 Å². The lowest BCUT2D eigenvalue weighted by Crippen LogP contribution is -2.13. The van der Waals surface area contributed by atoms with Crippen molar-refractivity contribution in [3.05, 3.63) is 23.8 Å².